The van der Waals surface area contributed by atoms with E-state index in [9.17, 15) is 9.59 Å². The molecule has 2 heterocycles. The standard InChI is InChI=1S/C34H19N3O3/c38-30-26-17-21-10-4-5-11-22(21)18-27(26)31(39)28(30)19-29-35-34-32(37(29)23-13-2-1-3-14-23)36-33(40-34)25-16-8-12-20-9-6-7-15-24(20)25/h1-19H. The summed E-state index contributed by atoms with van der Waals surface area (Å²) >= 11 is 0. The molecule has 8 rings (SSSR count). The van der Waals surface area contributed by atoms with E-state index in [1.807, 2.05) is 102 Å². The van der Waals surface area contributed by atoms with Crippen LogP contribution in [-0.4, -0.2) is 26.1 Å². The molecule has 0 radical (unpaired) electrons. The third-order valence-electron chi connectivity index (χ3n) is 7.42. The van der Waals surface area contributed by atoms with Crippen molar-refractivity contribution in [1.29, 1.82) is 0 Å². The summed E-state index contributed by atoms with van der Waals surface area (Å²) in [6.07, 6.45) is 1.55. The van der Waals surface area contributed by atoms with E-state index in [2.05, 4.69) is 0 Å². The molecule has 0 amide bonds. The van der Waals surface area contributed by atoms with E-state index in [4.69, 9.17) is 14.4 Å². The molecule has 0 saturated carbocycles. The lowest BCUT2D eigenvalue weighted by atomic mass is 10.0. The Morgan fingerprint density at radius 2 is 1.25 bits per heavy atom. The topological polar surface area (TPSA) is 78.0 Å². The summed E-state index contributed by atoms with van der Waals surface area (Å²) in [4.78, 5) is 36.5. The molecule has 0 aliphatic heterocycles. The van der Waals surface area contributed by atoms with Crippen LogP contribution in [0.5, 0.6) is 0 Å². The van der Waals surface area contributed by atoms with E-state index in [1.165, 1.54) is 0 Å². The second-order valence-electron chi connectivity index (χ2n) is 9.78. The smallest absolute Gasteiger partial charge is 0.267 e. The number of hydrogen-bond donors (Lipinski definition) is 0. The van der Waals surface area contributed by atoms with Gasteiger partial charge in [-0.15, -0.1) is 0 Å². The Kier molecular flexibility index (Phi) is 4.72. The Morgan fingerprint density at radius 3 is 1.98 bits per heavy atom. The third kappa shape index (κ3) is 3.29. The monoisotopic (exact) mass is 517 g/mol. The van der Waals surface area contributed by atoms with Crippen LogP contribution >= 0.6 is 0 Å². The summed E-state index contributed by atoms with van der Waals surface area (Å²) in [6, 6.07) is 34.9. The van der Waals surface area contributed by atoms with Crippen LogP contribution < -0.4 is 0 Å². The largest absolute Gasteiger partial charge is 0.416 e. The maximum Gasteiger partial charge on any atom is 0.267 e. The maximum absolute atomic E-state index is 13.5. The van der Waals surface area contributed by atoms with Crippen LogP contribution in [-0.2, 0) is 0 Å². The van der Waals surface area contributed by atoms with Gasteiger partial charge in [0.1, 0.15) is 5.82 Å². The van der Waals surface area contributed by atoms with Gasteiger partial charge in [-0.1, -0.05) is 78.9 Å². The van der Waals surface area contributed by atoms with Crippen molar-refractivity contribution < 1.29 is 14.0 Å². The highest BCUT2D eigenvalue weighted by Gasteiger charge is 2.34. The first-order valence-corrected chi connectivity index (χ1v) is 12.9. The van der Waals surface area contributed by atoms with Gasteiger partial charge in [0.25, 0.3) is 5.71 Å². The lowest BCUT2D eigenvalue weighted by molar-refractivity contribution is 0.0990. The minimum absolute atomic E-state index is 0.0735. The number of ketones is 2. The average Bonchev–Trinajstić information content (AvgIpc) is 3.62. The summed E-state index contributed by atoms with van der Waals surface area (Å²) in [5, 5.41) is 3.93. The fourth-order valence-electron chi connectivity index (χ4n) is 5.51. The Labute approximate surface area is 227 Å². The zero-order valence-corrected chi connectivity index (χ0v) is 21.0. The minimum atomic E-state index is -0.311. The van der Waals surface area contributed by atoms with Crippen LogP contribution in [0.25, 0.3) is 56.1 Å². The molecule has 6 nitrogen and oxygen atoms in total. The van der Waals surface area contributed by atoms with Crippen LogP contribution in [0.15, 0.2) is 119 Å². The van der Waals surface area contributed by atoms with Crippen LogP contribution in [0.4, 0.5) is 0 Å². The number of nitrogens with zero attached hydrogens (tertiary/aromatic N) is 3. The van der Waals surface area contributed by atoms with Crippen molar-refractivity contribution in [2.24, 2.45) is 0 Å². The molecular weight excluding hydrogens is 498 g/mol. The number of benzene rings is 5. The number of carbonyl (C=O) groups is 2. The lowest BCUT2D eigenvalue weighted by Gasteiger charge is -2.06. The van der Waals surface area contributed by atoms with Crippen LogP contribution in [0.1, 0.15) is 26.5 Å². The zero-order chi connectivity index (χ0) is 26.8. The first kappa shape index (κ1) is 22.4. The highest BCUT2D eigenvalue weighted by atomic mass is 16.4. The van der Waals surface area contributed by atoms with Gasteiger partial charge in [0.15, 0.2) is 11.6 Å². The quantitative estimate of drug-likeness (QED) is 0.180. The number of para-hydroxylation sites is 1. The fourth-order valence-corrected chi connectivity index (χ4v) is 5.51. The van der Waals surface area contributed by atoms with Crippen molar-refractivity contribution in [2.45, 2.75) is 0 Å². The van der Waals surface area contributed by atoms with Gasteiger partial charge in [0.05, 0.1) is 5.57 Å². The molecular formula is C34H19N3O3. The van der Waals surface area contributed by atoms with Gasteiger partial charge >= 0.3 is 0 Å². The predicted molar refractivity (Wildman–Crippen MR) is 155 cm³/mol. The molecule has 0 bridgehead atoms. The van der Waals surface area contributed by atoms with Crippen molar-refractivity contribution >= 4 is 50.5 Å². The van der Waals surface area contributed by atoms with E-state index in [0.29, 0.717) is 34.2 Å². The highest BCUT2D eigenvalue weighted by Crippen LogP contribution is 2.35. The Bertz CT molecular complexity index is 2140. The lowest BCUT2D eigenvalue weighted by Crippen LogP contribution is -2.04. The van der Waals surface area contributed by atoms with Crippen LogP contribution in [0.2, 0.25) is 0 Å². The van der Waals surface area contributed by atoms with E-state index in [-0.39, 0.29) is 17.1 Å². The first-order valence-electron chi connectivity index (χ1n) is 12.9. The molecule has 1 aliphatic rings. The molecule has 7 aromatic rings. The van der Waals surface area contributed by atoms with E-state index in [0.717, 1.165) is 32.8 Å². The number of fused-ring (bicyclic) bond motifs is 4. The molecule has 0 saturated heterocycles. The van der Waals surface area contributed by atoms with Crippen molar-refractivity contribution in [3.8, 4) is 17.1 Å². The Hall–Kier alpha value is -5.62. The number of imidazole rings is 1. The molecule has 0 fully saturated rings. The molecule has 0 unspecified atom stereocenters. The fraction of sp³-hybridized carbons (Fsp3) is 0. The van der Waals surface area contributed by atoms with Crippen LogP contribution in [0.3, 0.4) is 0 Å². The van der Waals surface area contributed by atoms with Gasteiger partial charge in [0, 0.05) is 22.4 Å². The van der Waals surface area contributed by atoms with Gasteiger partial charge in [-0.3, -0.25) is 14.2 Å². The molecule has 0 atom stereocenters. The van der Waals surface area contributed by atoms with Gasteiger partial charge in [-0.25, -0.2) is 0 Å². The molecule has 1 aliphatic carbocycles. The molecule has 188 valence electrons. The van der Waals surface area contributed by atoms with Crippen molar-refractivity contribution in [2.75, 3.05) is 0 Å². The van der Waals surface area contributed by atoms with Gasteiger partial charge in [-0.2, -0.15) is 9.97 Å². The van der Waals surface area contributed by atoms with E-state index >= 15 is 0 Å². The van der Waals surface area contributed by atoms with Crippen molar-refractivity contribution in [3.05, 3.63) is 132 Å². The molecule has 0 N–H and O–H groups in total. The summed E-state index contributed by atoms with van der Waals surface area (Å²) < 4.78 is 8.02. The molecule has 40 heavy (non-hydrogen) atoms. The van der Waals surface area contributed by atoms with Crippen molar-refractivity contribution in [3.63, 3.8) is 0 Å². The van der Waals surface area contributed by atoms with E-state index < -0.39 is 0 Å². The summed E-state index contributed by atoms with van der Waals surface area (Å²) in [5.74, 6) is 0.222. The number of aromatic nitrogens is 3. The van der Waals surface area contributed by atoms with Crippen molar-refractivity contribution in [1.82, 2.24) is 14.5 Å². The zero-order valence-electron chi connectivity index (χ0n) is 21.0. The van der Waals surface area contributed by atoms with E-state index in [1.54, 1.807) is 18.2 Å². The summed E-state index contributed by atoms with van der Waals surface area (Å²) in [6.45, 7) is 0. The highest BCUT2D eigenvalue weighted by molar-refractivity contribution is 6.42. The molecule has 0 spiro atoms. The summed E-state index contributed by atoms with van der Waals surface area (Å²) in [7, 11) is 0. The number of hydrogen-bond acceptors (Lipinski definition) is 5. The Morgan fingerprint density at radius 1 is 0.625 bits per heavy atom. The number of carbonyl (C=O) groups excluding carboxylic acids is 2. The first-order chi connectivity index (χ1) is 19.7. The second-order valence-corrected chi connectivity index (χ2v) is 9.78. The minimum Gasteiger partial charge on any atom is -0.416 e. The van der Waals surface area contributed by atoms with Gasteiger partial charge < -0.3 is 4.42 Å². The average molecular weight is 518 g/mol. The third-order valence-corrected chi connectivity index (χ3v) is 7.42. The SMILES string of the molecule is O=C1C(=Cc2nc3oc(-c4cccc5ccccc45)nc3n2-c2ccccc2)C(=O)c2cc3ccccc3cc21. The summed E-state index contributed by atoms with van der Waals surface area (Å²) in [5.41, 5.74) is 3.36. The normalized spacial score (nSPS) is 13.1. The molecule has 2 aromatic heterocycles. The molecule has 5 aromatic carbocycles. The number of rotatable bonds is 3. The maximum atomic E-state index is 13.5. The number of Topliss-reactive ketones (excluding diaryl/α,β-unsaturated/α-hetero) is 2. The Balaban J connectivity index is 1.31. The molecule has 6 heteroatoms. The predicted octanol–water partition coefficient (Wildman–Crippen LogP) is 7.45. The van der Waals surface area contributed by atoms with Crippen LogP contribution in [0, 0.1) is 0 Å². The second kappa shape index (κ2) is 8.44. The van der Waals surface area contributed by atoms with Gasteiger partial charge in [0.2, 0.25) is 11.5 Å². The van der Waals surface area contributed by atoms with Gasteiger partial charge in [-0.05, 0) is 58.0 Å². The number of allylic oxidation sites excluding steroid dienone is 1. The number of oxazole rings is 1.